The number of benzene rings is 1. The maximum atomic E-state index is 6.38. The summed E-state index contributed by atoms with van der Waals surface area (Å²) in [6, 6.07) is 11.9. The van der Waals surface area contributed by atoms with E-state index in [1.54, 1.807) is 0 Å². The quantitative estimate of drug-likeness (QED) is 0.879. The van der Waals surface area contributed by atoms with Crippen molar-refractivity contribution in [3.05, 3.63) is 35.9 Å². The monoisotopic (exact) mass is 260 g/mol. The van der Waals surface area contributed by atoms with Crippen molar-refractivity contribution in [2.75, 3.05) is 13.1 Å². The van der Waals surface area contributed by atoms with Gasteiger partial charge in [0.2, 0.25) is 0 Å². The molecule has 3 atom stereocenters. The lowest BCUT2D eigenvalue weighted by Gasteiger charge is -2.41. The highest BCUT2D eigenvalue weighted by atomic mass is 15.2. The summed E-state index contributed by atoms with van der Waals surface area (Å²) in [5, 5.41) is 0. The Hall–Kier alpha value is -0.860. The molecule has 0 amide bonds. The highest BCUT2D eigenvalue weighted by Crippen LogP contribution is 2.34. The van der Waals surface area contributed by atoms with Crippen LogP contribution in [0.3, 0.4) is 0 Å². The maximum Gasteiger partial charge on any atom is 0.0252 e. The van der Waals surface area contributed by atoms with Crippen LogP contribution < -0.4 is 5.73 Å². The molecule has 0 aliphatic heterocycles. The molecule has 19 heavy (non-hydrogen) atoms. The first-order chi connectivity index (χ1) is 9.26. The molecular weight excluding hydrogens is 232 g/mol. The summed E-state index contributed by atoms with van der Waals surface area (Å²) >= 11 is 0. The van der Waals surface area contributed by atoms with Gasteiger partial charge in [-0.25, -0.2) is 0 Å². The maximum absolute atomic E-state index is 6.38. The van der Waals surface area contributed by atoms with E-state index in [9.17, 15) is 0 Å². The predicted octanol–water partition coefficient (Wildman–Crippen LogP) is 3.38. The van der Waals surface area contributed by atoms with E-state index in [-0.39, 0.29) is 0 Å². The minimum atomic E-state index is 0.353. The molecule has 0 spiro atoms. The highest BCUT2D eigenvalue weighted by molar-refractivity contribution is 5.20. The zero-order valence-corrected chi connectivity index (χ0v) is 12.4. The minimum Gasteiger partial charge on any atom is -0.326 e. The summed E-state index contributed by atoms with van der Waals surface area (Å²) in [5.41, 5.74) is 7.88. The summed E-state index contributed by atoms with van der Waals surface area (Å²) in [6.07, 6.45) is 4.84. The molecule has 3 unspecified atom stereocenters. The highest BCUT2D eigenvalue weighted by Gasteiger charge is 2.31. The van der Waals surface area contributed by atoms with Crippen molar-refractivity contribution in [3.8, 4) is 0 Å². The molecule has 0 heterocycles. The number of rotatable bonds is 5. The molecule has 2 rings (SSSR count). The van der Waals surface area contributed by atoms with Crippen molar-refractivity contribution in [1.82, 2.24) is 4.90 Å². The van der Waals surface area contributed by atoms with Gasteiger partial charge < -0.3 is 5.73 Å². The van der Waals surface area contributed by atoms with Crippen LogP contribution in [0, 0.1) is 0 Å². The lowest BCUT2D eigenvalue weighted by atomic mass is 9.78. The van der Waals surface area contributed by atoms with Gasteiger partial charge in [-0.3, -0.25) is 4.90 Å². The fraction of sp³-hybridized carbons (Fsp3) is 0.647. The lowest BCUT2D eigenvalue weighted by molar-refractivity contribution is 0.134. The van der Waals surface area contributed by atoms with Gasteiger partial charge in [-0.2, -0.15) is 0 Å². The third-order valence-electron chi connectivity index (χ3n) is 4.53. The summed E-state index contributed by atoms with van der Waals surface area (Å²) in [7, 11) is 0. The third kappa shape index (κ3) is 3.58. The third-order valence-corrected chi connectivity index (χ3v) is 4.53. The Balaban J connectivity index is 2.07. The van der Waals surface area contributed by atoms with Gasteiger partial charge in [-0.15, -0.1) is 0 Å². The van der Waals surface area contributed by atoms with E-state index in [2.05, 4.69) is 49.1 Å². The second-order valence-electron chi connectivity index (χ2n) is 5.78. The molecule has 1 saturated carbocycles. The van der Waals surface area contributed by atoms with E-state index in [0.29, 0.717) is 18.0 Å². The van der Waals surface area contributed by atoms with Gasteiger partial charge >= 0.3 is 0 Å². The minimum absolute atomic E-state index is 0.353. The molecular formula is C17H28N2. The molecule has 2 N–H and O–H groups in total. The molecule has 0 saturated heterocycles. The molecule has 0 aromatic heterocycles. The van der Waals surface area contributed by atoms with E-state index in [0.717, 1.165) is 13.0 Å². The van der Waals surface area contributed by atoms with Crippen molar-refractivity contribution in [2.24, 2.45) is 5.73 Å². The Kier molecular flexibility index (Phi) is 5.41. The molecule has 2 heteroatoms. The van der Waals surface area contributed by atoms with Crippen molar-refractivity contribution < 1.29 is 0 Å². The van der Waals surface area contributed by atoms with E-state index in [4.69, 9.17) is 5.73 Å². The Morgan fingerprint density at radius 1 is 1.16 bits per heavy atom. The van der Waals surface area contributed by atoms with Crippen LogP contribution >= 0.6 is 0 Å². The van der Waals surface area contributed by atoms with E-state index >= 15 is 0 Å². The zero-order valence-electron chi connectivity index (χ0n) is 12.4. The number of nitrogens with zero attached hydrogens (tertiary/aromatic N) is 1. The van der Waals surface area contributed by atoms with Crippen LogP contribution in [0.4, 0.5) is 0 Å². The van der Waals surface area contributed by atoms with Crippen LogP contribution in [-0.2, 0) is 0 Å². The van der Waals surface area contributed by atoms with E-state index in [1.807, 2.05) is 0 Å². The van der Waals surface area contributed by atoms with Gasteiger partial charge in [-0.1, -0.05) is 44.2 Å². The standard InChI is InChI=1S/C17H28N2/c1-3-12-19(4-2)17-13-15(10-11-16(17)18)14-8-6-5-7-9-14/h5-9,15-17H,3-4,10-13,18H2,1-2H3. The molecule has 1 aromatic carbocycles. The Morgan fingerprint density at radius 3 is 2.53 bits per heavy atom. The molecule has 1 aromatic rings. The average Bonchev–Trinajstić information content (AvgIpc) is 2.46. The van der Waals surface area contributed by atoms with Crippen LogP contribution in [0.1, 0.15) is 51.0 Å². The SMILES string of the molecule is CCCN(CC)C1CC(c2ccccc2)CCC1N. The fourth-order valence-corrected chi connectivity index (χ4v) is 3.46. The van der Waals surface area contributed by atoms with Crippen molar-refractivity contribution >= 4 is 0 Å². The second-order valence-corrected chi connectivity index (χ2v) is 5.78. The number of nitrogens with two attached hydrogens (primary N) is 1. The summed E-state index contributed by atoms with van der Waals surface area (Å²) < 4.78 is 0. The summed E-state index contributed by atoms with van der Waals surface area (Å²) in [6.45, 7) is 6.81. The van der Waals surface area contributed by atoms with Crippen molar-refractivity contribution in [3.63, 3.8) is 0 Å². The number of hydrogen-bond donors (Lipinski definition) is 1. The van der Waals surface area contributed by atoms with Crippen LogP contribution in [0.25, 0.3) is 0 Å². The van der Waals surface area contributed by atoms with Crippen molar-refractivity contribution in [1.29, 1.82) is 0 Å². The van der Waals surface area contributed by atoms with Crippen molar-refractivity contribution in [2.45, 2.75) is 57.5 Å². The van der Waals surface area contributed by atoms with Crippen LogP contribution in [0.2, 0.25) is 0 Å². The number of hydrogen-bond acceptors (Lipinski definition) is 2. The molecule has 0 bridgehead atoms. The first-order valence-corrected chi connectivity index (χ1v) is 7.80. The first kappa shape index (κ1) is 14.5. The molecule has 0 radical (unpaired) electrons. The molecule has 106 valence electrons. The van der Waals surface area contributed by atoms with Gasteiger partial charge in [0.25, 0.3) is 0 Å². The van der Waals surface area contributed by atoms with Gasteiger partial charge in [0, 0.05) is 12.1 Å². The molecule has 1 aliphatic rings. The molecule has 1 aliphatic carbocycles. The average molecular weight is 260 g/mol. The smallest absolute Gasteiger partial charge is 0.0252 e. The van der Waals surface area contributed by atoms with Crippen LogP contribution in [0.15, 0.2) is 30.3 Å². The summed E-state index contributed by atoms with van der Waals surface area (Å²) in [4.78, 5) is 2.58. The normalized spacial score (nSPS) is 27.7. The zero-order chi connectivity index (χ0) is 13.7. The van der Waals surface area contributed by atoms with E-state index in [1.165, 1.54) is 31.4 Å². The largest absolute Gasteiger partial charge is 0.326 e. The second kappa shape index (κ2) is 7.06. The Morgan fingerprint density at radius 2 is 1.89 bits per heavy atom. The first-order valence-electron chi connectivity index (χ1n) is 7.80. The Labute approximate surface area is 118 Å². The van der Waals surface area contributed by atoms with Crippen LogP contribution in [-0.4, -0.2) is 30.1 Å². The van der Waals surface area contributed by atoms with Gasteiger partial charge in [-0.05, 0) is 50.3 Å². The van der Waals surface area contributed by atoms with Gasteiger partial charge in [0.05, 0.1) is 0 Å². The Bertz CT molecular complexity index is 363. The van der Waals surface area contributed by atoms with Gasteiger partial charge in [0.15, 0.2) is 0 Å². The van der Waals surface area contributed by atoms with Crippen LogP contribution in [0.5, 0.6) is 0 Å². The summed E-state index contributed by atoms with van der Waals surface area (Å²) in [5.74, 6) is 0.692. The predicted molar refractivity (Wildman–Crippen MR) is 82.3 cm³/mol. The van der Waals surface area contributed by atoms with Gasteiger partial charge in [0.1, 0.15) is 0 Å². The number of likely N-dealkylation sites (N-methyl/N-ethyl adjacent to an activating group) is 1. The fourth-order valence-electron chi connectivity index (χ4n) is 3.46. The van der Waals surface area contributed by atoms with E-state index < -0.39 is 0 Å². The topological polar surface area (TPSA) is 29.3 Å². The lowest BCUT2D eigenvalue weighted by Crippen LogP contribution is -2.51. The molecule has 1 fully saturated rings. The molecule has 2 nitrogen and oxygen atoms in total.